The molecule has 0 radical (unpaired) electrons. The predicted octanol–water partition coefficient (Wildman–Crippen LogP) is 0.928. The standard InChI is InChI=1S/C13H19N5O2/c1-19-5-4-14-6-11-7-18(9-15-11)8-12-16-13(20-17-12)10-2-3-10/h7,9-10,14H,2-6,8H2,1H3. The smallest absolute Gasteiger partial charge is 0.229 e. The van der Waals surface area contributed by atoms with Crippen LogP contribution >= 0.6 is 0 Å². The number of rotatable bonds is 8. The van der Waals surface area contributed by atoms with Crippen LogP contribution in [-0.4, -0.2) is 40.0 Å². The van der Waals surface area contributed by atoms with Gasteiger partial charge in [0.25, 0.3) is 0 Å². The van der Waals surface area contributed by atoms with Gasteiger partial charge in [-0.3, -0.25) is 0 Å². The van der Waals surface area contributed by atoms with Gasteiger partial charge in [-0.15, -0.1) is 0 Å². The normalized spacial score (nSPS) is 14.8. The fraction of sp³-hybridized carbons (Fsp3) is 0.615. The van der Waals surface area contributed by atoms with Gasteiger partial charge in [-0.1, -0.05) is 5.16 Å². The lowest BCUT2D eigenvalue weighted by Crippen LogP contribution is -2.18. The predicted molar refractivity (Wildman–Crippen MR) is 71.2 cm³/mol. The zero-order valence-corrected chi connectivity index (χ0v) is 11.6. The summed E-state index contributed by atoms with van der Waals surface area (Å²) in [5.74, 6) is 1.99. The number of aromatic nitrogens is 4. The zero-order valence-electron chi connectivity index (χ0n) is 11.6. The maximum absolute atomic E-state index is 5.24. The first kappa shape index (κ1) is 13.3. The summed E-state index contributed by atoms with van der Waals surface area (Å²) in [6.45, 7) is 2.85. The minimum atomic E-state index is 0.500. The largest absolute Gasteiger partial charge is 0.383 e. The van der Waals surface area contributed by atoms with E-state index in [1.807, 2.05) is 10.8 Å². The Morgan fingerprint density at radius 3 is 3.20 bits per heavy atom. The number of hydrogen-bond acceptors (Lipinski definition) is 6. The van der Waals surface area contributed by atoms with Crippen molar-refractivity contribution in [1.82, 2.24) is 25.0 Å². The highest BCUT2D eigenvalue weighted by Gasteiger charge is 2.29. The van der Waals surface area contributed by atoms with E-state index in [2.05, 4.69) is 20.4 Å². The number of hydrogen-bond donors (Lipinski definition) is 1. The molecule has 0 aliphatic heterocycles. The Morgan fingerprint density at radius 2 is 2.40 bits per heavy atom. The van der Waals surface area contributed by atoms with Gasteiger partial charge in [0.05, 0.1) is 25.2 Å². The average Bonchev–Trinajstić information content (AvgIpc) is 3.04. The fourth-order valence-corrected chi connectivity index (χ4v) is 1.97. The first-order valence-corrected chi connectivity index (χ1v) is 6.88. The van der Waals surface area contributed by atoms with Crippen molar-refractivity contribution < 1.29 is 9.26 Å². The number of imidazole rings is 1. The Labute approximate surface area is 117 Å². The molecule has 1 aliphatic carbocycles. The van der Waals surface area contributed by atoms with Crippen molar-refractivity contribution in [2.24, 2.45) is 0 Å². The quantitative estimate of drug-likeness (QED) is 0.723. The monoisotopic (exact) mass is 277 g/mol. The molecular formula is C13H19N5O2. The minimum Gasteiger partial charge on any atom is -0.383 e. The van der Waals surface area contributed by atoms with Gasteiger partial charge < -0.3 is 19.1 Å². The van der Waals surface area contributed by atoms with Crippen LogP contribution in [0.2, 0.25) is 0 Å². The van der Waals surface area contributed by atoms with Crippen LogP contribution in [0.4, 0.5) is 0 Å². The van der Waals surface area contributed by atoms with E-state index in [9.17, 15) is 0 Å². The second-order valence-electron chi connectivity index (χ2n) is 5.03. The van der Waals surface area contributed by atoms with Gasteiger partial charge in [0.15, 0.2) is 5.82 Å². The minimum absolute atomic E-state index is 0.500. The molecule has 0 atom stereocenters. The molecule has 0 bridgehead atoms. The molecule has 2 aromatic heterocycles. The van der Waals surface area contributed by atoms with Crippen LogP contribution < -0.4 is 5.32 Å². The third-order valence-corrected chi connectivity index (χ3v) is 3.21. The summed E-state index contributed by atoms with van der Waals surface area (Å²) in [6, 6.07) is 0. The molecule has 2 aromatic rings. The highest BCUT2D eigenvalue weighted by Crippen LogP contribution is 2.38. The molecule has 20 heavy (non-hydrogen) atoms. The third kappa shape index (κ3) is 3.43. The van der Waals surface area contributed by atoms with Gasteiger partial charge in [-0.25, -0.2) is 4.98 Å². The van der Waals surface area contributed by atoms with E-state index in [1.165, 1.54) is 12.8 Å². The molecule has 1 fully saturated rings. The van der Waals surface area contributed by atoms with Crippen LogP contribution in [0.15, 0.2) is 17.0 Å². The van der Waals surface area contributed by atoms with Crippen LogP contribution in [0.25, 0.3) is 0 Å². The first-order valence-electron chi connectivity index (χ1n) is 6.88. The van der Waals surface area contributed by atoms with E-state index in [4.69, 9.17) is 9.26 Å². The second kappa shape index (κ2) is 6.15. The maximum Gasteiger partial charge on any atom is 0.229 e. The molecule has 7 heteroatoms. The molecule has 0 spiro atoms. The molecule has 0 amide bonds. The Balaban J connectivity index is 1.50. The lowest BCUT2D eigenvalue weighted by Gasteiger charge is -2.00. The van der Waals surface area contributed by atoms with Crippen LogP contribution in [0.1, 0.15) is 36.2 Å². The van der Waals surface area contributed by atoms with Crippen LogP contribution in [0, 0.1) is 0 Å². The van der Waals surface area contributed by atoms with Crippen molar-refractivity contribution in [3.63, 3.8) is 0 Å². The van der Waals surface area contributed by atoms with Crippen molar-refractivity contribution >= 4 is 0 Å². The maximum atomic E-state index is 5.24. The van der Waals surface area contributed by atoms with Gasteiger partial charge in [-0.05, 0) is 12.8 Å². The molecule has 2 heterocycles. The zero-order chi connectivity index (χ0) is 13.8. The summed E-state index contributed by atoms with van der Waals surface area (Å²) < 4.78 is 12.2. The number of nitrogens with one attached hydrogen (secondary N) is 1. The summed E-state index contributed by atoms with van der Waals surface area (Å²) >= 11 is 0. The Morgan fingerprint density at radius 1 is 1.50 bits per heavy atom. The average molecular weight is 277 g/mol. The SMILES string of the molecule is COCCNCc1cn(Cc2noc(C3CC3)n2)cn1. The molecule has 0 aromatic carbocycles. The van der Waals surface area contributed by atoms with Crippen LogP contribution in [-0.2, 0) is 17.8 Å². The molecule has 1 saturated carbocycles. The molecule has 1 aliphatic rings. The van der Waals surface area contributed by atoms with E-state index < -0.39 is 0 Å². The summed E-state index contributed by atoms with van der Waals surface area (Å²) in [7, 11) is 1.69. The van der Waals surface area contributed by atoms with Gasteiger partial charge in [0, 0.05) is 32.3 Å². The van der Waals surface area contributed by atoms with E-state index in [1.54, 1.807) is 13.4 Å². The summed E-state index contributed by atoms with van der Waals surface area (Å²) in [5, 5.41) is 7.26. The molecule has 0 saturated heterocycles. The topological polar surface area (TPSA) is 78.0 Å². The van der Waals surface area contributed by atoms with Gasteiger partial charge in [0.2, 0.25) is 5.89 Å². The first-order chi connectivity index (χ1) is 9.85. The van der Waals surface area contributed by atoms with E-state index in [-0.39, 0.29) is 0 Å². The van der Waals surface area contributed by atoms with Crippen LogP contribution in [0.5, 0.6) is 0 Å². The van der Waals surface area contributed by atoms with Crippen molar-refractivity contribution in [1.29, 1.82) is 0 Å². The molecule has 7 nitrogen and oxygen atoms in total. The molecular weight excluding hydrogens is 258 g/mol. The lowest BCUT2D eigenvalue weighted by molar-refractivity contribution is 0.199. The van der Waals surface area contributed by atoms with Crippen molar-refractivity contribution in [3.8, 4) is 0 Å². The molecule has 1 N–H and O–H groups in total. The van der Waals surface area contributed by atoms with Gasteiger partial charge in [-0.2, -0.15) is 4.98 Å². The summed E-state index contributed by atoms with van der Waals surface area (Å²) in [5.41, 5.74) is 0.993. The van der Waals surface area contributed by atoms with Crippen molar-refractivity contribution in [2.75, 3.05) is 20.3 Å². The number of nitrogens with zero attached hydrogens (tertiary/aromatic N) is 4. The molecule has 0 unspecified atom stereocenters. The highest BCUT2D eigenvalue weighted by molar-refractivity contribution is 5.03. The Hall–Kier alpha value is -1.73. The number of methoxy groups -OCH3 is 1. The van der Waals surface area contributed by atoms with Crippen molar-refractivity contribution in [2.45, 2.75) is 31.8 Å². The number of ether oxygens (including phenoxy) is 1. The second-order valence-corrected chi connectivity index (χ2v) is 5.03. The molecule has 108 valence electrons. The lowest BCUT2D eigenvalue weighted by atomic mass is 10.4. The van der Waals surface area contributed by atoms with Crippen molar-refractivity contribution in [3.05, 3.63) is 29.9 Å². The third-order valence-electron chi connectivity index (χ3n) is 3.21. The molecule has 3 rings (SSSR count). The van der Waals surface area contributed by atoms with E-state index in [0.717, 1.165) is 24.7 Å². The Bertz CT molecular complexity index is 546. The van der Waals surface area contributed by atoms with E-state index in [0.29, 0.717) is 24.9 Å². The van der Waals surface area contributed by atoms with Gasteiger partial charge >= 0.3 is 0 Å². The van der Waals surface area contributed by atoms with Crippen LogP contribution in [0.3, 0.4) is 0 Å². The fourth-order valence-electron chi connectivity index (χ4n) is 1.97. The Kier molecular flexibility index (Phi) is 4.08. The highest BCUT2D eigenvalue weighted by atomic mass is 16.5. The van der Waals surface area contributed by atoms with E-state index >= 15 is 0 Å². The summed E-state index contributed by atoms with van der Waals surface area (Å²) in [6.07, 6.45) is 6.13. The van der Waals surface area contributed by atoms with Gasteiger partial charge in [0.1, 0.15) is 0 Å². The summed E-state index contributed by atoms with van der Waals surface area (Å²) in [4.78, 5) is 8.74.